The van der Waals surface area contributed by atoms with E-state index < -0.39 is 0 Å². The third-order valence-electron chi connectivity index (χ3n) is 3.82. The van der Waals surface area contributed by atoms with Crippen LogP contribution in [0.5, 0.6) is 0 Å². The number of hydrogen-bond acceptors (Lipinski definition) is 5. The summed E-state index contributed by atoms with van der Waals surface area (Å²) in [5, 5.41) is 3.36. The van der Waals surface area contributed by atoms with E-state index in [1.165, 1.54) is 5.56 Å². The van der Waals surface area contributed by atoms with Crippen LogP contribution in [-0.4, -0.2) is 36.3 Å². The number of benzene rings is 1. The zero-order valence-electron chi connectivity index (χ0n) is 13.2. The first-order valence-electron chi connectivity index (χ1n) is 7.79. The van der Waals surface area contributed by atoms with E-state index >= 15 is 0 Å². The summed E-state index contributed by atoms with van der Waals surface area (Å²) in [4.78, 5) is 11.4. The zero-order valence-corrected chi connectivity index (χ0v) is 13.2. The quantitative estimate of drug-likeness (QED) is 0.940. The van der Waals surface area contributed by atoms with E-state index in [0.29, 0.717) is 5.95 Å². The van der Waals surface area contributed by atoms with Gasteiger partial charge in [0.25, 0.3) is 0 Å². The molecule has 1 fully saturated rings. The lowest BCUT2D eigenvalue weighted by Crippen LogP contribution is -2.36. The first-order valence-corrected chi connectivity index (χ1v) is 7.79. The minimum Gasteiger partial charge on any atom is -0.378 e. The zero-order chi connectivity index (χ0) is 15.4. The molecule has 22 heavy (non-hydrogen) atoms. The molecule has 3 rings (SSSR count). The molecule has 1 saturated heterocycles. The maximum atomic E-state index is 5.41. The number of anilines is 3. The second kappa shape index (κ2) is 6.75. The average Bonchev–Trinajstić information content (AvgIpc) is 2.56. The highest BCUT2D eigenvalue weighted by Crippen LogP contribution is 2.22. The van der Waals surface area contributed by atoms with Crippen molar-refractivity contribution >= 4 is 17.5 Å². The molecule has 0 bridgehead atoms. The fourth-order valence-corrected chi connectivity index (χ4v) is 2.63. The maximum absolute atomic E-state index is 5.41. The molecule has 2 heterocycles. The van der Waals surface area contributed by atoms with Crippen LogP contribution in [0.4, 0.5) is 17.5 Å². The van der Waals surface area contributed by atoms with Gasteiger partial charge in [0, 0.05) is 30.5 Å². The van der Waals surface area contributed by atoms with Gasteiger partial charge in [-0.1, -0.05) is 25.1 Å². The minimum absolute atomic E-state index is 0.655. The Bertz CT molecular complexity index is 638. The van der Waals surface area contributed by atoms with Crippen molar-refractivity contribution in [1.29, 1.82) is 0 Å². The van der Waals surface area contributed by atoms with E-state index in [4.69, 9.17) is 4.74 Å². The molecule has 5 heteroatoms. The molecule has 0 atom stereocenters. The topological polar surface area (TPSA) is 50.3 Å². The number of morpholine rings is 1. The van der Waals surface area contributed by atoms with Gasteiger partial charge < -0.3 is 15.0 Å². The number of aryl methyl sites for hydroxylation is 2. The van der Waals surface area contributed by atoms with Crippen molar-refractivity contribution in [2.75, 3.05) is 36.5 Å². The van der Waals surface area contributed by atoms with E-state index in [1.54, 1.807) is 0 Å². The lowest BCUT2D eigenvalue weighted by atomic mass is 10.1. The van der Waals surface area contributed by atoms with Gasteiger partial charge in [0.15, 0.2) is 0 Å². The molecule has 0 spiro atoms. The number of nitrogens with one attached hydrogen (secondary N) is 1. The standard InChI is InChI=1S/C17H22N4O/c1-3-14-6-4-5-7-15(14)19-17-18-13(2)12-16(20-17)21-8-10-22-11-9-21/h4-7,12H,3,8-11H2,1-2H3,(H,18,19,20). The Morgan fingerprint density at radius 1 is 1.18 bits per heavy atom. The highest BCUT2D eigenvalue weighted by Gasteiger charge is 2.14. The normalized spacial score (nSPS) is 14.9. The van der Waals surface area contributed by atoms with Gasteiger partial charge in [-0.3, -0.25) is 0 Å². The van der Waals surface area contributed by atoms with Gasteiger partial charge in [-0.15, -0.1) is 0 Å². The van der Waals surface area contributed by atoms with Gasteiger partial charge in [-0.2, -0.15) is 4.98 Å². The maximum Gasteiger partial charge on any atom is 0.229 e. The van der Waals surface area contributed by atoms with Crippen LogP contribution < -0.4 is 10.2 Å². The monoisotopic (exact) mass is 298 g/mol. The molecule has 2 aromatic rings. The van der Waals surface area contributed by atoms with Gasteiger partial charge in [0.1, 0.15) is 5.82 Å². The number of para-hydroxylation sites is 1. The number of hydrogen-bond donors (Lipinski definition) is 1. The van der Waals surface area contributed by atoms with E-state index in [-0.39, 0.29) is 0 Å². The van der Waals surface area contributed by atoms with E-state index in [1.807, 2.05) is 19.1 Å². The smallest absolute Gasteiger partial charge is 0.229 e. The number of ether oxygens (including phenoxy) is 1. The van der Waals surface area contributed by atoms with Crippen LogP contribution in [0.3, 0.4) is 0 Å². The van der Waals surface area contributed by atoms with Crippen LogP contribution in [-0.2, 0) is 11.2 Å². The highest BCUT2D eigenvalue weighted by molar-refractivity contribution is 5.60. The summed E-state index contributed by atoms with van der Waals surface area (Å²) in [5.41, 5.74) is 3.30. The van der Waals surface area contributed by atoms with Gasteiger partial charge in [0.2, 0.25) is 5.95 Å². The van der Waals surface area contributed by atoms with Gasteiger partial charge in [-0.05, 0) is 25.0 Å². The first kappa shape index (κ1) is 14.8. The van der Waals surface area contributed by atoms with Crippen LogP contribution in [0.25, 0.3) is 0 Å². The Hall–Kier alpha value is -2.14. The van der Waals surface area contributed by atoms with E-state index in [0.717, 1.165) is 49.9 Å². The fraction of sp³-hybridized carbons (Fsp3) is 0.412. The molecular formula is C17H22N4O. The van der Waals surface area contributed by atoms with Crippen LogP contribution in [0, 0.1) is 6.92 Å². The Morgan fingerprint density at radius 3 is 2.73 bits per heavy atom. The van der Waals surface area contributed by atoms with Crippen molar-refractivity contribution in [3.8, 4) is 0 Å². The highest BCUT2D eigenvalue weighted by atomic mass is 16.5. The summed E-state index contributed by atoms with van der Waals surface area (Å²) >= 11 is 0. The second-order valence-corrected chi connectivity index (χ2v) is 5.43. The largest absolute Gasteiger partial charge is 0.378 e. The van der Waals surface area contributed by atoms with E-state index in [2.05, 4.69) is 45.3 Å². The molecule has 5 nitrogen and oxygen atoms in total. The first-order chi connectivity index (χ1) is 10.8. The second-order valence-electron chi connectivity index (χ2n) is 5.43. The van der Waals surface area contributed by atoms with Gasteiger partial charge >= 0.3 is 0 Å². The molecule has 0 radical (unpaired) electrons. The van der Waals surface area contributed by atoms with Crippen molar-refractivity contribution in [3.05, 3.63) is 41.6 Å². The molecule has 1 aliphatic heterocycles. The van der Waals surface area contributed by atoms with Gasteiger partial charge in [0.05, 0.1) is 13.2 Å². The van der Waals surface area contributed by atoms with Crippen molar-refractivity contribution < 1.29 is 4.74 Å². The summed E-state index contributed by atoms with van der Waals surface area (Å²) in [6.07, 6.45) is 0.977. The Balaban J connectivity index is 1.85. The predicted octanol–water partition coefficient (Wildman–Crippen LogP) is 2.93. The summed E-state index contributed by atoms with van der Waals surface area (Å²) < 4.78 is 5.41. The molecule has 1 N–H and O–H groups in total. The van der Waals surface area contributed by atoms with Crippen molar-refractivity contribution in [2.24, 2.45) is 0 Å². The molecule has 0 saturated carbocycles. The molecular weight excluding hydrogens is 276 g/mol. The third-order valence-corrected chi connectivity index (χ3v) is 3.82. The van der Waals surface area contributed by atoms with Crippen molar-refractivity contribution in [2.45, 2.75) is 20.3 Å². The molecule has 116 valence electrons. The van der Waals surface area contributed by atoms with Crippen molar-refractivity contribution in [1.82, 2.24) is 9.97 Å². The Kier molecular flexibility index (Phi) is 4.53. The van der Waals surface area contributed by atoms with Gasteiger partial charge in [-0.25, -0.2) is 4.98 Å². The minimum atomic E-state index is 0.655. The molecule has 1 aromatic carbocycles. The summed E-state index contributed by atoms with van der Waals surface area (Å²) in [6, 6.07) is 10.3. The van der Waals surface area contributed by atoms with E-state index in [9.17, 15) is 0 Å². The molecule has 0 unspecified atom stereocenters. The predicted molar refractivity (Wildman–Crippen MR) is 88.9 cm³/mol. The summed E-state index contributed by atoms with van der Waals surface area (Å²) in [6.45, 7) is 7.41. The summed E-state index contributed by atoms with van der Waals surface area (Å²) in [5.74, 6) is 1.62. The lowest BCUT2D eigenvalue weighted by molar-refractivity contribution is 0.122. The van der Waals surface area contributed by atoms with Crippen LogP contribution in [0.1, 0.15) is 18.2 Å². The number of rotatable bonds is 4. The van der Waals surface area contributed by atoms with Crippen LogP contribution >= 0.6 is 0 Å². The Morgan fingerprint density at radius 2 is 1.95 bits per heavy atom. The molecule has 1 aromatic heterocycles. The Labute approximate surface area is 131 Å². The van der Waals surface area contributed by atoms with Crippen LogP contribution in [0.2, 0.25) is 0 Å². The van der Waals surface area contributed by atoms with Crippen molar-refractivity contribution in [3.63, 3.8) is 0 Å². The summed E-state index contributed by atoms with van der Waals surface area (Å²) in [7, 11) is 0. The fourth-order valence-electron chi connectivity index (χ4n) is 2.63. The molecule has 0 aliphatic carbocycles. The number of nitrogens with zero attached hydrogens (tertiary/aromatic N) is 3. The SMILES string of the molecule is CCc1ccccc1Nc1nc(C)cc(N2CCOCC2)n1. The molecule has 0 amide bonds. The van der Waals surface area contributed by atoms with Crippen LogP contribution in [0.15, 0.2) is 30.3 Å². The average molecular weight is 298 g/mol. The lowest BCUT2D eigenvalue weighted by Gasteiger charge is -2.28. The number of aromatic nitrogens is 2. The third kappa shape index (κ3) is 3.36. The molecule has 1 aliphatic rings.